The molecule has 0 atom stereocenters. The Balaban J connectivity index is 0.0000176. The van der Waals surface area contributed by atoms with Crippen LogP contribution in [0.1, 0.15) is 150 Å². The predicted molar refractivity (Wildman–Crippen MR) is 168 cm³/mol. The van der Waals surface area contributed by atoms with Crippen LogP contribution in [0.15, 0.2) is 47.4 Å². The fourth-order valence-electron chi connectivity index (χ4n) is 4.53. The van der Waals surface area contributed by atoms with Gasteiger partial charge >= 0.3 is 41.5 Å². The van der Waals surface area contributed by atoms with Crippen molar-refractivity contribution in [3.63, 3.8) is 0 Å². The van der Waals surface area contributed by atoms with E-state index in [1.165, 1.54) is 50.7 Å². The van der Waals surface area contributed by atoms with Crippen LogP contribution in [0.25, 0.3) is 0 Å². The van der Waals surface area contributed by atoms with Gasteiger partial charge in [-0.05, 0) is 76.3 Å². The van der Waals surface area contributed by atoms with Crippen LogP contribution in [0.3, 0.4) is 0 Å². The molecule has 1 rings (SSSR count). The second-order valence-electron chi connectivity index (χ2n) is 10.7. The van der Waals surface area contributed by atoms with E-state index in [0.29, 0.717) is 12.8 Å². The van der Waals surface area contributed by atoms with Crippen LogP contribution in [-0.2, 0) is 19.6 Å². The molecule has 0 aliphatic heterocycles. The standard InChI is InChI=1S/C34H54O7S.Na/c1-3-5-7-9-11-13-15-17-19-21-23-28-40-33(35)30-26-25-27-31(42(37,38)39)32(30)34(36)41-29-24-22-20-18-16-14-12-10-8-6-4-2;/h11-14,25-27H,3-10,15-24,28-29H2,1-2H3,(H,37,38,39);/q;+1/p-1/b13-11+,14-12+;. The Labute approximate surface area is 283 Å². The molecule has 0 heterocycles. The molecule has 0 fully saturated rings. The van der Waals surface area contributed by atoms with Crippen molar-refractivity contribution in [2.24, 2.45) is 0 Å². The SMILES string of the molecule is CCCCC/C=C/CCCCCCOC(=O)c1cccc(S(=O)(=O)[O-])c1C(=O)OCCCCCC/C=C/CCCCC.[Na+]. The van der Waals surface area contributed by atoms with Crippen LogP contribution in [-0.4, -0.2) is 38.1 Å². The molecule has 1 aromatic carbocycles. The van der Waals surface area contributed by atoms with E-state index in [1.807, 2.05) is 0 Å². The van der Waals surface area contributed by atoms with Crippen LogP contribution < -0.4 is 29.6 Å². The van der Waals surface area contributed by atoms with Crippen molar-refractivity contribution in [3.05, 3.63) is 53.6 Å². The van der Waals surface area contributed by atoms with Gasteiger partial charge in [0.2, 0.25) is 0 Å². The van der Waals surface area contributed by atoms with Crippen molar-refractivity contribution < 1.29 is 61.6 Å². The molecular weight excluding hydrogens is 575 g/mol. The monoisotopic (exact) mass is 628 g/mol. The van der Waals surface area contributed by atoms with E-state index >= 15 is 0 Å². The number of benzene rings is 1. The van der Waals surface area contributed by atoms with Crippen molar-refractivity contribution in [2.45, 2.75) is 134 Å². The maximum absolute atomic E-state index is 12.8. The van der Waals surface area contributed by atoms with E-state index in [-0.39, 0.29) is 48.3 Å². The number of unbranched alkanes of at least 4 members (excludes halogenated alkanes) is 14. The number of carbonyl (C=O) groups is 2. The number of hydrogen-bond acceptors (Lipinski definition) is 7. The molecule has 43 heavy (non-hydrogen) atoms. The first kappa shape index (κ1) is 41.5. The zero-order valence-electron chi connectivity index (χ0n) is 26.9. The second-order valence-corrected chi connectivity index (χ2v) is 12.1. The fraction of sp³-hybridized carbons (Fsp3) is 0.647. The third-order valence-electron chi connectivity index (χ3n) is 7.00. The Morgan fingerprint density at radius 3 is 1.51 bits per heavy atom. The van der Waals surface area contributed by atoms with Gasteiger partial charge in [0.25, 0.3) is 0 Å². The van der Waals surface area contributed by atoms with Crippen molar-refractivity contribution in [1.29, 1.82) is 0 Å². The Morgan fingerprint density at radius 1 is 0.651 bits per heavy atom. The molecule has 9 heteroatoms. The van der Waals surface area contributed by atoms with E-state index in [1.54, 1.807) is 0 Å². The molecule has 0 aliphatic rings. The molecule has 0 radical (unpaired) electrons. The van der Waals surface area contributed by atoms with Gasteiger partial charge in [-0.3, -0.25) is 0 Å². The summed E-state index contributed by atoms with van der Waals surface area (Å²) in [6, 6.07) is 3.56. The van der Waals surface area contributed by atoms with Gasteiger partial charge in [0.1, 0.15) is 10.1 Å². The molecule has 0 N–H and O–H groups in total. The third-order valence-corrected chi connectivity index (χ3v) is 7.88. The van der Waals surface area contributed by atoms with Crippen molar-refractivity contribution in [1.82, 2.24) is 0 Å². The maximum atomic E-state index is 12.8. The quantitative estimate of drug-likeness (QED) is 0.0424. The Bertz CT molecular complexity index is 1050. The second kappa shape index (κ2) is 26.9. The van der Waals surface area contributed by atoms with E-state index in [4.69, 9.17) is 9.47 Å². The molecule has 0 bridgehead atoms. The Hall–Kier alpha value is -1.45. The van der Waals surface area contributed by atoms with E-state index in [9.17, 15) is 22.6 Å². The molecule has 238 valence electrons. The average molecular weight is 629 g/mol. The molecule has 0 unspecified atom stereocenters. The number of rotatable bonds is 25. The summed E-state index contributed by atoms with van der Waals surface area (Å²) in [4.78, 5) is 24.8. The first-order valence-electron chi connectivity index (χ1n) is 16.1. The number of esters is 2. The molecule has 0 spiro atoms. The van der Waals surface area contributed by atoms with Gasteiger partial charge < -0.3 is 14.0 Å². The first-order chi connectivity index (χ1) is 20.3. The number of hydrogen-bond donors (Lipinski definition) is 0. The van der Waals surface area contributed by atoms with Gasteiger partial charge in [-0.1, -0.05) is 95.6 Å². The zero-order chi connectivity index (χ0) is 30.9. The van der Waals surface area contributed by atoms with Crippen LogP contribution in [0.5, 0.6) is 0 Å². The molecule has 0 saturated carbocycles. The molecule has 0 aromatic heterocycles. The fourth-order valence-corrected chi connectivity index (χ4v) is 5.22. The van der Waals surface area contributed by atoms with Gasteiger partial charge in [0.15, 0.2) is 0 Å². The number of carbonyl (C=O) groups excluding carboxylic acids is 2. The molecule has 1 aromatic rings. The van der Waals surface area contributed by atoms with Crippen molar-refractivity contribution in [3.8, 4) is 0 Å². The van der Waals surface area contributed by atoms with E-state index < -0.39 is 32.5 Å². The van der Waals surface area contributed by atoms with Gasteiger partial charge in [-0.25, -0.2) is 18.0 Å². The third kappa shape index (κ3) is 20.3. The normalized spacial score (nSPS) is 11.6. The van der Waals surface area contributed by atoms with Crippen LogP contribution >= 0.6 is 0 Å². The summed E-state index contributed by atoms with van der Waals surface area (Å²) in [6.07, 6.45) is 27.7. The predicted octanol–water partition coefficient (Wildman–Crippen LogP) is 6.08. The summed E-state index contributed by atoms with van der Waals surface area (Å²) >= 11 is 0. The first-order valence-corrected chi connectivity index (χ1v) is 17.5. The Morgan fingerprint density at radius 2 is 1.07 bits per heavy atom. The van der Waals surface area contributed by atoms with Gasteiger partial charge in [-0.15, -0.1) is 0 Å². The van der Waals surface area contributed by atoms with Crippen LogP contribution in [0.4, 0.5) is 0 Å². The van der Waals surface area contributed by atoms with Gasteiger partial charge in [0, 0.05) is 0 Å². The minimum Gasteiger partial charge on any atom is -0.744 e. The minimum absolute atomic E-state index is 0. The molecular formula is C34H53NaO7S. The topological polar surface area (TPSA) is 110 Å². The summed E-state index contributed by atoms with van der Waals surface area (Å²) in [7, 11) is -5.01. The molecule has 0 aliphatic carbocycles. The molecule has 7 nitrogen and oxygen atoms in total. The summed E-state index contributed by atoms with van der Waals surface area (Å²) in [5.41, 5.74) is -0.813. The summed E-state index contributed by atoms with van der Waals surface area (Å²) in [5, 5.41) is 0. The van der Waals surface area contributed by atoms with Crippen molar-refractivity contribution in [2.75, 3.05) is 13.2 Å². The van der Waals surface area contributed by atoms with Gasteiger partial charge in [0.05, 0.1) is 29.2 Å². The molecule has 0 saturated heterocycles. The number of allylic oxidation sites excluding steroid dienone is 4. The van der Waals surface area contributed by atoms with Crippen LogP contribution in [0, 0.1) is 0 Å². The van der Waals surface area contributed by atoms with E-state index in [2.05, 4.69) is 38.2 Å². The minimum atomic E-state index is -5.01. The van der Waals surface area contributed by atoms with Crippen molar-refractivity contribution >= 4 is 22.1 Å². The smallest absolute Gasteiger partial charge is 0.744 e. The molecule has 0 amide bonds. The Kier molecular flexibility index (Phi) is 26.0. The summed E-state index contributed by atoms with van der Waals surface area (Å²) < 4.78 is 46.2. The summed E-state index contributed by atoms with van der Waals surface area (Å²) in [6.45, 7) is 4.60. The summed E-state index contributed by atoms with van der Waals surface area (Å²) in [5.74, 6) is -1.85. The number of ether oxygens (including phenoxy) is 2. The van der Waals surface area contributed by atoms with Crippen LogP contribution in [0.2, 0.25) is 0 Å². The average Bonchev–Trinajstić information content (AvgIpc) is 2.97. The van der Waals surface area contributed by atoms with Gasteiger partial charge in [-0.2, -0.15) is 0 Å². The largest absolute Gasteiger partial charge is 1.00 e. The maximum Gasteiger partial charge on any atom is 1.00 e. The van der Waals surface area contributed by atoms with E-state index in [0.717, 1.165) is 70.3 Å². The zero-order valence-corrected chi connectivity index (χ0v) is 29.8.